The highest BCUT2D eigenvalue weighted by Gasteiger charge is 2.11. The summed E-state index contributed by atoms with van der Waals surface area (Å²) in [6.07, 6.45) is 1.90. The van der Waals surface area contributed by atoms with E-state index in [4.69, 9.17) is 0 Å². The number of carbonyl (C=O) groups excluding carboxylic acids is 1. The van der Waals surface area contributed by atoms with Crippen molar-refractivity contribution in [3.05, 3.63) is 22.4 Å². The predicted molar refractivity (Wildman–Crippen MR) is 66.3 cm³/mol. The van der Waals surface area contributed by atoms with E-state index in [2.05, 4.69) is 26.2 Å². The van der Waals surface area contributed by atoms with Crippen LogP contribution in [0.4, 0.5) is 0 Å². The Balaban J connectivity index is 2.35. The lowest BCUT2D eigenvalue weighted by Crippen LogP contribution is -2.32. The van der Waals surface area contributed by atoms with Crippen molar-refractivity contribution < 1.29 is 9.90 Å². The monoisotopic (exact) mass is 288 g/mol. The average molecular weight is 289 g/mol. The lowest BCUT2D eigenvalue weighted by molar-refractivity contribution is 0.0896. The summed E-state index contributed by atoms with van der Waals surface area (Å²) in [7, 11) is 0. The summed E-state index contributed by atoms with van der Waals surface area (Å²) in [6.45, 7) is 4.36. The molecular weight excluding hydrogens is 272 g/mol. The number of halogens is 1. The van der Waals surface area contributed by atoms with Crippen LogP contribution in [0.25, 0.3) is 0 Å². The molecule has 1 amide bonds. The van der Waals surface area contributed by atoms with Gasteiger partial charge in [0.2, 0.25) is 0 Å². The molecule has 0 bridgehead atoms. The fraction of sp³-hybridized carbons (Fsp3) is 0.545. The maximum atomic E-state index is 11.6. The van der Waals surface area contributed by atoms with Gasteiger partial charge in [-0.2, -0.15) is 0 Å². The molecule has 1 aromatic rings. The topological polar surface area (TPSA) is 65.1 Å². The molecule has 0 saturated carbocycles. The van der Waals surface area contributed by atoms with Crippen LogP contribution in [0, 0.1) is 5.92 Å². The van der Waals surface area contributed by atoms with Crippen LogP contribution in [-0.2, 0) is 0 Å². The third-order valence-electron chi connectivity index (χ3n) is 2.13. The van der Waals surface area contributed by atoms with E-state index in [1.165, 1.54) is 0 Å². The molecule has 4 nitrogen and oxygen atoms in total. The zero-order chi connectivity index (χ0) is 12.1. The standard InChI is InChI=1S/C11H17BrN2O2/c1-7(2)3-9(15)6-14-11(16)10-4-8(12)5-13-10/h4-5,7,9,13,15H,3,6H2,1-2H3,(H,14,16). The van der Waals surface area contributed by atoms with Crippen molar-refractivity contribution in [2.45, 2.75) is 26.4 Å². The van der Waals surface area contributed by atoms with Gasteiger partial charge in [-0.15, -0.1) is 0 Å². The molecule has 0 saturated heterocycles. The lowest BCUT2D eigenvalue weighted by Gasteiger charge is -2.13. The molecule has 0 spiro atoms. The molecule has 1 heterocycles. The second-order valence-corrected chi connectivity index (χ2v) is 5.14. The molecule has 16 heavy (non-hydrogen) atoms. The van der Waals surface area contributed by atoms with Gasteiger partial charge >= 0.3 is 0 Å². The molecule has 0 aliphatic rings. The van der Waals surface area contributed by atoms with Crippen molar-refractivity contribution in [1.82, 2.24) is 10.3 Å². The van der Waals surface area contributed by atoms with Crippen molar-refractivity contribution in [2.24, 2.45) is 5.92 Å². The van der Waals surface area contributed by atoms with Crippen LogP contribution in [0.3, 0.4) is 0 Å². The van der Waals surface area contributed by atoms with Crippen molar-refractivity contribution in [3.8, 4) is 0 Å². The first kappa shape index (κ1) is 13.3. The second kappa shape index (κ2) is 6.06. The van der Waals surface area contributed by atoms with Crippen LogP contribution < -0.4 is 5.32 Å². The van der Waals surface area contributed by atoms with E-state index < -0.39 is 6.10 Å². The minimum Gasteiger partial charge on any atom is -0.391 e. The van der Waals surface area contributed by atoms with Gasteiger partial charge in [0.15, 0.2) is 0 Å². The number of aliphatic hydroxyl groups is 1. The fourth-order valence-corrected chi connectivity index (χ4v) is 1.78. The number of H-pyrrole nitrogens is 1. The van der Waals surface area contributed by atoms with E-state index in [1.807, 2.05) is 13.8 Å². The Morgan fingerprint density at radius 3 is 2.81 bits per heavy atom. The summed E-state index contributed by atoms with van der Waals surface area (Å²) < 4.78 is 0.834. The number of aliphatic hydroxyl groups excluding tert-OH is 1. The molecule has 1 atom stereocenters. The normalized spacial score (nSPS) is 12.8. The summed E-state index contributed by atoms with van der Waals surface area (Å²) in [4.78, 5) is 14.4. The van der Waals surface area contributed by atoms with Crippen molar-refractivity contribution >= 4 is 21.8 Å². The molecule has 1 unspecified atom stereocenters. The molecule has 0 radical (unpaired) electrons. The number of nitrogens with one attached hydrogen (secondary N) is 2. The number of aromatic amines is 1. The average Bonchev–Trinajstić information content (AvgIpc) is 2.60. The SMILES string of the molecule is CC(C)CC(O)CNC(=O)c1cc(Br)c[nH]1. The van der Waals surface area contributed by atoms with Crippen molar-refractivity contribution in [2.75, 3.05) is 6.54 Å². The first-order valence-electron chi connectivity index (χ1n) is 5.29. The smallest absolute Gasteiger partial charge is 0.267 e. The van der Waals surface area contributed by atoms with E-state index in [1.54, 1.807) is 12.3 Å². The van der Waals surface area contributed by atoms with Gasteiger partial charge in [-0.05, 0) is 34.3 Å². The Morgan fingerprint density at radius 2 is 2.31 bits per heavy atom. The van der Waals surface area contributed by atoms with E-state index in [-0.39, 0.29) is 12.5 Å². The van der Waals surface area contributed by atoms with Crippen LogP contribution >= 0.6 is 15.9 Å². The number of amides is 1. The highest BCUT2D eigenvalue weighted by molar-refractivity contribution is 9.10. The zero-order valence-electron chi connectivity index (χ0n) is 9.46. The summed E-state index contributed by atoms with van der Waals surface area (Å²) >= 11 is 3.25. The van der Waals surface area contributed by atoms with Gasteiger partial charge in [-0.25, -0.2) is 0 Å². The molecule has 1 aromatic heterocycles. The Bertz CT molecular complexity index is 350. The quantitative estimate of drug-likeness (QED) is 0.775. The molecule has 0 aliphatic carbocycles. The van der Waals surface area contributed by atoms with Crippen LogP contribution in [0.2, 0.25) is 0 Å². The second-order valence-electron chi connectivity index (χ2n) is 4.22. The molecule has 5 heteroatoms. The van der Waals surface area contributed by atoms with E-state index >= 15 is 0 Å². The maximum absolute atomic E-state index is 11.6. The zero-order valence-corrected chi connectivity index (χ0v) is 11.0. The molecule has 3 N–H and O–H groups in total. The molecule has 0 aromatic carbocycles. The van der Waals surface area contributed by atoms with Crippen LogP contribution in [0.1, 0.15) is 30.8 Å². The van der Waals surface area contributed by atoms with Crippen LogP contribution in [0.15, 0.2) is 16.7 Å². The highest BCUT2D eigenvalue weighted by Crippen LogP contribution is 2.10. The first-order valence-corrected chi connectivity index (χ1v) is 6.08. The third-order valence-corrected chi connectivity index (χ3v) is 2.59. The molecular formula is C11H17BrN2O2. The minimum absolute atomic E-state index is 0.200. The fourth-order valence-electron chi connectivity index (χ4n) is 1.43. The van der Waals surface area contributed by atoms with Gasteiger partial charge in [0.25, 0.3) is 5.91 Å². The van der Waals surface area contributed by atoms with Crippen molar-refractivity contribution in [1.29, 1.82) is 0 Å². The number of hydrogen-bond donors (Lipinski definition) is 3. The molecule has 90 valence electrons. The predicted octanol–water partition coefficient (Wildman–Crippen LogP) is 1.91. The number of aromatic nitrogens is 1. The van der Waals surface area contributed by atoms with Gasteiger partial charge in [0.1, 0.15) is 5.69 Å². The number of carbonyl (C=O) groups is 1. The lowest BCUT2D eigenvalue weighted by atomic mass is 10.1. The summed E-state index contributed by atoms with van der Waals surface area (Å²) in [5.41, 5.74) is 0.489. The summed E-state index contributed by atoms with van der Waals surface area (Å²) in [6, 6.07) is 1.70. The summed E-state index contributed by atoms with van der Waals surface area (Å²) in [5, 5.41) is 12.3. The Labute approximate surface area is 104 Å². The first-order chi connectivity index (χ1) is 7.49. The minimum atomic E-state index is -0.484. The molecule has 1 rings (SSSR count). The number of rotatable bonds is 5. The van der Waals surface area contributed by atoms with E-state index in [0.29, 0.717) is 18.0 Å². The van der Waals surface area contributed by atoms with Gasteiger partial charge in [-0.1, -0.05) is 13.8 Å². The number of hydrogen-bond acceptors (Lipinski definition) is 2. The third kappa shape index (κ3) is 4.37. The van der Waals surface area contributed by atoms with E-state index in [0.717, 1.165) is 4.47 Å². The van der Waals surface area contributed by atoms with Crippen molar-refractivity contribution in [3.63, 3.8) is 0 Å². The van der Waals surface area contributed by atoms with Gasteiger partial charge in [-0.3, -0.25) is 4.79 Å². The largest absolute Gasteiger partial charge is 0.391 e. The maximum Gasteiger partial charge on any atom is 0.267 e. The Hall–Kier alpha value is -0.810. The highest BCUT2D eigenvalue weighted by atomic mass is 79.9. The molecule has 0 aliphatic heterocycles. The Morgan fingerprint density at radius 1 is 1.62 bits per heavy atom. The summed E-state index contributed by atoms with van der Waals surface area (Å²) in [5.74, 6) is 0.222. The van der Waals surface area contributed by atoms with Gasteiger partial charge in [0.05, 0.1) is 6.10 Å². The Kier molecular flexibility index (Phi) is 5.02. The van der Waals surface area contributed by atoms with E-state index in [9.17, 15) is 9.90 Å². The van der Waals surface area contributed by atoms with Gasteiger partial charge in [0, 0.05) is 17.2 Å². The van der Waals surface area contributed by atoms with Crippen LogP contribution in [0.5, 0.6) is 0 Å². The molecule has 0 fully saturated rings. The van der Waals surface area contributed by atoms with Crippen LogP contribution in [-0.4, -0.2) is 28.6 Å². The van der Waals surface area contributed by atoms with Gasteiger partial charge < -0.3 is 15.4 Å².